The largest absolute Gasteiger partial charge is 0.494 e. The zero-order valence-corrected chi connectivity index (χ0v) is 14.5. The quantitative estimate of drug-likeness (QED) is 0.828. The summed E-state index contributed by atoms with van der Waals surface area (Å²) in [4.78, 5) is 1.46. The highest BCUT2D eigenvalue weighted by molar-refractivity contribution is 9.10. The molecule has 0 aliphatic carbocycles. The van der Waals surface area contributed by atoms with E-state index < -0.39 is 12.2 Å². The average Bonchev–Trinajstić information content (AvgIpc) is 2.42. The molecule has 0 unspecified atom stereocenters. The third-order valence-corrected chi connectivity index (χ3v) is 3.89. The second-order valence-corrected chi connectivity index (χ2v) is 5.76. The molecule has 126 valence electrons. The van der Waals surface area contributed by atoms with Crippen LogP contribution in [0.25, 0.3) is 0 Å². The minimum absolute atomic E-state index is 0. The lowest BCUT2D eigenvalue weighted by molar-refractivity contribution is -0.188. The molecule has 2 rings (SSSR count). The van der Waals surface area contributed by atoms with Crippen molar-refractivity contribution in [3.63, 3.8) is 0 Å². The van der Waals surface area contributed by atoms with E-state index in [0.717, 1.165) is 0 Å². The van der Waals surface area contributed by atoms with Gasteiger partial charge in [-0.05, 0) is 25.1 Å². The number of benzene rings is 1. The summed E-state index contributed by atoms with van der Waals surface area (Å²) < 4.78 is 46.8. The molecule has 0 saturated carbocycles. The van der Waals surface area contributed by atoms with Crippen molar-refractivity contribution in [2.24, 2.45) is 0 Å². The molecule has 8 heteroatoms. The molecule has 0 spiro atoms. The molecule has 1 aromatic rings. The van der Waals surface area contributed by atoms with E-state index in [0.29, 0.717) is 43.0 Å². The third kappa shape index (κ3) is 4.75. The molecule has 0 amide bonds. The molecule has 3 nitrogen and oxygen atoms in total. The average molecular weight is 404 g/mol. The summed E-state index contributed by atoms with van der Waals surface area (Å²) in [5, 5.41) is 3.07. The third-order valence-electron chi connectivity index (χ3n) is 3.39. The number of nitrogens with one attached hydrogen (secondary N) is 1. The highest BCUT2D eigenvalue weighted by Crippen LogP contribution is 2.42. The van der Waals surface area contributed by atoms with Crippen LogP contribution in [0.1, 0.15) is 18.5 Å². The number of alkyl halides is 3. The monoisotopic (exact) mass is 402 g/mol. The summed E-state index contributed by atoms with van der Waals surface area (Å²) in [6, 6.07) is 3.15. The van der Waals surface area contributed by atoms with Crippen molar-refractivity contribution in [3.05, 3.63) is 28.2 Å². The number of halogens is 5. The zero-order chi connectivity index (χ0) is 15.5. The van der Waals surface area contributed by atoms with E-state index in [1.54, 1.807) is 19.1 Å². The van der Waals surface area contributed by atoms with Crippen molar-refractivity contribution in [3.8, 4) is 5.75 Å². The van der Waals surface area contributed by atoms with Gasteiger partial charge < -0.3 is 10.1 Å². The molecule has 0 bridgehead atoms. The van der Waals surface area contributed by atoms with Crippen LogP contribution in [0.15, 0.2) is 22.7 Å². The SMILES string of the molecule is CCOc1ccc(Br)cc1[C@H](N1CCNCC1)C(F)(F)F.Cl. The molecule has 0 aromatic heterocycles. The lowest BCUT2D eigenvalue weighted by Gasteiger charge is -2.36. The van der Waals surface area contributed by atoms with E-state index in [1.807, 2.05) is 0 Å². The van der Waals surface area contributed by atoms with Gasteiger partial charge in [-0.2, -0.15) is 13.2 Å². The normalized spacial score (nSPS) is 17.7. The Kier molecular flexibility index (Phi) is 7.45. The Labute approximate surface area is 142 Å². The number of nitrogens with zero attached hydrogens (tertiary/aromatic N) is 1. The Morgan fingerprint density at radius 1 is 1.32 bits per heavy atom. The molecular formula is C14H19BrClF3N2O. The van der Waals surface area contributed by atoms with Crippen LogP contribution in [0, 0.1) is 0 Å². The molecule has 0 radical (unpaired) electrons. The molecule has 1 N–H and O–H groups in total. The number of rotatable bonds is 4. The predicted octanol–water partition coefficient (Wildman–Crippen LogP) is 3.78. The van der Waals surface area contributed by atoms with E-state index >= 15 is 0 Å². The minimum atomic E-state index is -4.34. The maximum absolute atomic E-state index is 13.6. The van der Waals surface area contributed by atoms with Gasteiger partial charge in [-0.3, -0.25) is 4.90 Å². The highest BCUT2D eigenvalue weighted by Gasteiger charge is 2.46. The van der Waals surface area contributed by atoms with Gasteiger partial charge in [0.15, 0.2) is 0 Å². The van der Waals surface area contributed by atoms with Crippen molar-refractivity contribution in [1.82, 2.24) is 10.2 Å². The smallest absolute Gasteiger partial charge is 0.408 e. The summed E-state index contributed by atoms with van der Waals surface area (Å²) >= 11 is 3.25. The fraction of sp³-hybridized carbons (Fsp3) is 0.571. The van der Waals surface area contributed by atoms with Crippen LogP contribution in [-0.2, 0) is 0 Å². The van der Waals surface area contributed by atoms with Crippen LogP contribution in [0.5, 0.6) is 5.75 Å². The number of hydrogen-bond donors (Lipinski definition) is 1. The molecule has 1 aliphatic heterocycles. The standard InChI is InChI=1S/C14H18BrF3N2O.ClH/c1-2-21-12-4-3-10(15)9-11(12)13(14(16,17)18)20-7-5-19-6-8-20;/h3-4,9,13,19H,2,5-8H2,1H3;1H/t13-;/m0./s1. The molecule has 1 aliphatic rings. The maximum atomic E-state index is 13.6. The maximum Gasteiger partial charge on any atom is 0.408 e. The number of piperazine rings is 1. The van der Waals surface area contributed by atoms with Crippen molar-refractivity contribution < 1.29 is 17.9 Å². The van der Waals surface area contributed by atoms with Gasteiger partial charge in [-0.1, -0.05) is 15.9 Å². The Balaban J connectivity index is 0.00000242. The van der Waals surface area contributed by atoms with Gasteiger partial charge in [-0.15, -0.1) is 12.4 Å². The fourth-order valence-corrected chi connectivity index (χ4v) is 2.92. The predicted molar refractivity (Wildman–Crippen MR) is 85.8 cm³/mol. The minimum Gasteiger partial charge on any atom is -0.494 e. The van der Waals surface area contributed by atoms with Crippen LogP contribution in [-0.4, -0.2) is 43.9 Å². The zero-order valence-electron chi connectivity index (χ0n) is 12.1. The Hall–Kier alpha value is -0.500. The summed E-state index contributed by atoms with van der Waals surface area (Å²) in [5.41, 5.74) is 0.167. The van der Waals surface area contributed by atoms with E-state index in [2.05, 4.69) is 21.2 Å². The van der Waals surface area contributed by atoms with Gasteiger partial charge in [0.25, 0.3) is 0 Å². The summed E-state index contributed by atoms with van der Waals surface area (Å²) in [5.74, 6) is 0.293. The van der Waals surface area contributed by atoms with Crippen LogP contribution < -0.4 is 10.1 Å². The summed E-state index contributed by atoms with van der Waals surface area (Å²) in [6.45, 7) is 3.94. The van der Waals surface area contributed by atoms with Crippen molar-refractivity contribution in [2.45, 2.75) is 19.1 Å². The van der Waals surface area contributed by atoms with Crippen molar-refractivity contribution in [2.75, 3.05) is 32.8 Å². The van der Waals surface area contributed by atoms with Crippen LogP contribution in [0.2, 0.25) is 0 Å². The van der Waals surface area contributed by atoms with E-state index in [4.69, 9.17) is 4.74 Å². The molecule has 22 heavy (non-hydrogen) atoms. The lowest BCUT2D eigenvalue weighted by Crippen LogP contribution is -2.49. The molecule has 1 heterocycles. The van der Waals surface area contributed by atoms with Crippen LogP contribution in [0.3, 0.4) is 0 Å². The Morgan fingerprint density at radius 2 is 1.95 bits per heavy atom. The molecular weight excluding hydrogens is 385 g/mol. The van der Waals surface area contributed by atoms with E-state index in [-0.39, 0.29) is 18.0 Å². The van der Waals surface area contributed by atoms with Gasteiger partial charge in [-0.25, -0.2) is 0 Å². The number of hydrogen-bond acceptors (Lipinski definition) is 3. The first-order chi connectivity index (χ1) is 9.93. The van der Waals surface area contributed by atoms with Crippen LogP contribution in [0.4, 0.5) is 13.2 Å². The first-order valence-corrected chi connectivity index (χ1v) is 7.66. The first kappa shape index (κ1) is 19.5. The van der Waals surface area contributed by atoms with Gasteiger partial charge in [0.2, 0.25) is 0 Å². The van der Waals surface area contributed by atoms with Gasteiger partial charge in [0, 0.05) is 36.2 Å². The first-order valence-electron chi connectivity index (χ1n) is 6.87. The Bertz CT molecular complexity index is 482. The second kappa shape index (κ2) is 8.38. The van der Waals surface area contributed by atoms with Crippen LogP contribution >= 0.6 is 28.3 Å². The molecule has 1 saturated heterocycles. The lowest BCUT2D eigenvalue weighted by atomic mass is 10.0. The Morgan fingerprint density at radius 3 is 2.50 bits per heavy atom. The molecule has 1 fully saturated rings. The van der Waals surface area contributed by atoms with Gasteiger partial charge in [0.1, 0.15) is 11.8 Å². The van der Waals surface area contributed by atoms with Crippen molar-refractivity contribution in [1.29, 1.82) is 0 Å². The molecule has 1 atom stereocenters. The topological polar surface area (TPSA) is 24.5 Å². The molecule has 1 aromatic carbocycles. The van der Waals surface area contributed by atoms with Crippen molar-refractivity contribution >= 4 is 28.3 Å². The van der Waals surface area contributed by atoms with Gasteiger partial charge in [0.05, 0.1) is 6.61 Å². The van der Waals surface area contributed by atoms with E-state index in [1.165, 1.54) is 11.0 Å². The fourth-order valence-electron chi connectivity index (χ4n) is 2.54. The summed E-state index contributed by atoms with van der Waals surface area (Å²) in [6.07, 6.45) is -4.34. The highest BCUT2D eigenvalue weighted by atomic mass is 79.9. The van der Waals surface area contributed by atoms with Gasteiger partial charge >= 0.3 is 6.18 Å². The second-order valence-electron chi connectivity index (χ2n) is 4.85. The summed E-state index contributed by atoms with van der Waals surface area (Å²) in [7, 11) is 0. The van der Waals surface area contributed by atoms with E-state index in [9.17, 15) is 13.2 Å². The number of ether oxygens (including phenoxy) is 1.